The lowest BCUT2D eigenvalue weighted by Gasteiger charge is -2.20. The van der Waals surface area contributed by atoms with E-state index < -0.39 is 0 Å². The van der Waals surface area contributed by atoms with Crippen molar-refractivity contribution in [3.63, 3.8) is 0 Å². The summed E-state index contributed by atoms with van der Waals surface area (Å²) in [5.41, 5.74) is 2.58. The van der Waals surface area contributed by atoms with Gasteiger partial charge in [0.15, 0.2) is 0 Å². The summed E-state index contributed by atoms with van der Waals surface area (Å²) >= 11 is 0. The number of nitrogens with zero attached hydrogens (tertiary/aromatic N) is 1. The number of aromatic amines is 1. The SMILES string of the molecule is O=C(C1CCCC1)N1CCC(c2c[nH]c3ccccc23)C1. The van der Waals surface area contributed by atoms with Gasteiger partial charge in [0.25, 0.3) is 0 Å². The minimum Gasteiger partial charge on any atom is -0.361 e. The third kappa shape index (κ3) is 2.25. The first kappa shape index (κ1) is 12.9. The second-order valence-corrected chi connectivity index (χ2v) is 6.54. The lowest BCUT2D eigenvalue weighted by molar-refractivity contribution is -0.134. The molecule has 1 aliphatic carbocycles. The number of fused-ring (bicyclic) bond motifs is 1. The zero-order valence-corrected chi connectivity index (χ0v) is 12.3. The van der Waals surface area contributed by atoms with Crippen molar-refractivity contribution in [3.05, 3.63) is 36.0 Å². The molecule has 1 aliphatic heterocycles. The predicted molar refractivity (Wildman–Crippen MR) is 84.2 cm³/mol. The molecule has 1 unspecified atom stereocenters. The molecule has 0 bridgehead atoms. The summed E-state index contributed by atoms with van der Waals surface area (Å²) in [6.45, 7) is 1.83. The second-order valence-electron chi connectivity index (χ2n) is 6.54. The number of nitrogens with one attached hydrogen (secondary N) is 1. The Hall–Kier alpha value is -1.77. The maximum absolute atomic E-state index is 12.5. The summed E-state index contributed by atoms with van der Waals surface area (Å²) in [6, 6.07) is 8.46. The normalized spacial score (nSPS) is 23.2. The molecular weight excluding hydrogens is 260 g/mol. The van der Waals surface area contributed by atoms with Gasteiger partial charge in [0.05, 0.1) is 0 Å². The largest absolute Gasteiger partial charge is 0.361 e. The number of carbonyl (C=O) groups excluding carboxylic acids is 1. The molecule has 21 heavy (non-hydrogen) atoms. The van der Waals surface area contributed by atoms with E-state index in [1.807, 2.05) is 0 Å². The summed E-state index contributed by atoms with van der Waals surface area (Å²) in [6.07, 6.45) is 7.91. The van der Waals surface area contributed by atoms with Crippen LogP contribution in [0.15, 0.2) is 30.5 Å². The molecule has 1 aromatic carbocycles. The number of para-hydroxylation sites is 1. The summed E-state index contributed by atoms with van der Waals surface area (Å²) in [5.74, 6) is 1.22. The highest BCUT2D eigenvalue weighted by atomic mass is 16.2. The van der Waals surface area contributed by atoms with E-state index in [2.05, 4.69) is 40.3 Å². The summed E-state index contributed by atoms with van der Waals surface area (Å²) in [5, 5.41) is 1.32. The number of aromatic nitrogens is 1. The molecule has 1 amide bonds. The van der Waals surface area contributed by atoms with Gasteiger partial charge in [-0.15, -0.1) is 0 Å². The standard InChI is InChI=1S/C18H22N2O/c21-18(13-5-1-2-6-13)20-10-9-14(12-20)16-11-19-17-8-4-3-7-15(16)17/h3-4,7-8,11,13-14,19H,1-2,5-6,9-10,12H2. The van der Waals surface area contributed by atoms with Crippen molar-refractivity contribution in [3.8, 4) is 0 Å². The Bertz CT molecular complexity index is 654. The lowest BCUT2D eigenvalue weighted by Crippen LogP contribution is -2.33. The highest BCUT2D eigenvalue weighted by Crippen LogP contribution is 2.34. The van der Waals surface area contributed by atoms with Crippen LogP contribution < -0.4 is 0 Å². The van der Waals surface area contributed by atoms with E-state index in [1.165, 1.54) is 29.3 Å². The molecule has 2 aromatic rings. The average molecular weight is 282 g/mol. The Kier molecular flexibility index (Phi) is 3.21. The van der Waals surface area contributed by atoms with Crippen LogP contribution in [0.5, 0.6) is 0 Å². The molecule has 1 saturated heterocycles. The lowest BCUT2D eigenvalue weighted by atomic mass is 9.98. The van der Waals surface area contributed by atoms with Gasteiger partial charge in [-0.3, -0.25) is 4.79 Å². The van der Waals surface area contributed by atoms with E-state index in [4.69, 9.17) is 0 Å². The first-order chi connectivity index (χ1) is 10.3. The highest BCUT2D eigenvalue weighted by Gasteiger charge is 2.33. The van der Waals surface area contributed by atoms with Crippen LogP contribution in [-0.4, -0.2) is 28.9 Å². The average Bonchev–Trinajstić information content (AvgIpc) is 3.25. The summed E-state index contributed by atoms with van der Waals surface area (Å²) in [4.78, 5) is 18.0. The van der Waals surface area contributed by atoms with Gasteiger partial charge in [-0.05, 0) is 30.9 Å². The zero-order chi connectivity index (χ0) is 14.2. The van der Waals surface area contributed by atoms with Crippen LogP contribution in [0.25, 0.3) is 10.9 Å². The maximum Gasteiger partial charge on any atom is 0.225 e. The Morgan fingerprint density at radius 1 is 1.14 bits per heavy atom. The number of rotatable bonds is 2. The van der Waals surface area contributed by atoms with E-state index in [0.29, 0.717) is 17.7 Å². The molecule has 4 rings (SSSR count). The molecule has 0 radical (unpaired) electrons. The number of amides is 1. The fourth-order valence-electron chi connectivity index (χ4n) is 4.08. The Morgan fingerprint density at radius 2 is 1.95 bits per heavy atom. The third-order valence-electron chi connectivity index (χ3n) is 5.27. The first-order valence-corrected chi connectivity index (χ1v) is 8.18. The molecule has 2 heterocycles. The number of benzene rings is 1. The van der Waals surface area contributed by atoms with Crippen molar-refractivity contribution in [2.75, 3.05) is 13.1 Å². The summed E-state index contributed by atoms with van der Waals surface area (Å²) in [7, 11) is 0. The predicted octanol–water partition coefficient (Wildman–Crippen LogP) is 3.67. The Labute approximate surface area is 125 Å². The number of H-pyrrole nitrogens is 1. The maximum atomic E-state index is 12.5. The molecule has 0 spiro atoms. The van der Waals surface area contributed by atoms with Crippen molar-refractivity contribution in [2.24, 2.45) is 5.92 Å². The van der Waals surface area contributed by atoms with Crippen LogP contribution in [0.3, 0.4) is 0 Å². The summed E-state index contributed by atoms with van der Waals surface area (Å²) < 4.78 is 0. The van der Waals surface area contributed by atoms with Crippen molar-refractivity contribution in [1.82, 2.24) is 9.88 Å². The van der Waals surface area contributed by atoms with Crippen molar-refractivity contribution in [2.45, 2.75) is 38.0 Å². The molecule has 1 aromatic heterocycles. The van der Waals surface area contributed by atoms with Gasteiger partial charge in [-0.2, -0.15) is 0 Å². The van der Waals surface area contributed by atoms with Crippen LogP contribution in [-0.2, 0) is 4.79 Å². The Morgan fingerprint density at radius 3 is 2.81 bits per heavy atom. The molecule has 3 heteroatoms. The van der Waals surface area contributed by atoms with Gasteiger partial charge < -0.3 is 9.88 Å². The van der Waals surface area contributed by atoms with Gasteiger partial charge in [0.1, 0.15) is 0 Å². The first-order valence-electron chi connectivity index (χ1n) is 8.18. The minimum atomic E-state index is 0.312. The number of hydrogen-bond acceptors (Lipinski definition) is 1. The minimum absolute atomic E-state index is 0.312. The van der Waals surface area contributed by atoms with E-state index in [0.717, 1.165) is 32.4 Å². The van der Waals surface area contributed by atoms with E-state index in [1.54, 1.807) is 0 Å². The zero-order valence-electron chi connectivity index (χ0n) is 12.3. The Balaban J connectivity index is 1.52. The van der Waals surface area contributed by atoms with Gasteiger partial charge in [0, 0.05) is 42.0 Å². The number of likely N-dealkylation sites (tertiary alicyclic amines) is 1. The smallest absolute Gasteiger partial charge is 0.225 e. The molecule has 1 saturated carbocycles. The second kappa shape index (κ2) is 5.21. The molecule has 2 aliphatic rings. The number of carbonyl (C=O) groups is 1. The van der Waals surface area contributed by atoms with Crippen molar-refractivity contribution >= 4 is 16.8 Å². The fraction of sp³-hybridized carbons (Fsp3) is 0.500. The molecular formula is C18H22N2O. The molecule has 1 atom stereocenters. The van der Waals surface area contributed by atoms with Crippen LogP contribution in [0.1, 0.15) is 43.6 Å². The number of hydrogen-bond donors (Lipinski definition) is 1. The third-order valence-corrected chi connectivity index (χ3v) is 5.27. The van der Waals surface area contributed by atoms with E-state index in [-0.39, 0.29) is 0 Å². The van der Waals surface area contributed by atoms with Crippen LogP contribution >= 0.6 is 0 Å². The van der Waals surface area contributed by atoms with Crippen molar-refractivity contribution in [1.29, 1.82) is 0 Å². The van der Waals surface area contributed by atoms with Gasteiger partial charge in [-0.1, -0.05) is 31.0 Å². The van der Waals surface area contributed by atoms with E-state index in [9.17, 15) is 4.79 Å². The quantitative estimate of drug-likeness (QED) is 0.896. The molecule has 110 valence electrons. The van der Waals surface area contributed by atoms with Crippen LogP contribution in [0.4, 0.5) is 0 Å². The van der Waals surface area contributed by atoms with Crippen molar-refractivity contribution < 1.29 is 4.79 Å². The fourth-order valence-corrected chi connectivity index (χ4v) is 4.08. The van der Waals surface area contributed by atoms with Gasteiger partial charge >= 0.3 is 0 Å². The molecule has 3 nitrogen and oxygen atoms in total. The van der Waals surface area contributed by atoms with Gasteiger partial charge in [0.2, 0.25) is 5.91 Å². The molecule has 1 N–H and O–H groups in total. The van der Waals surface area contributed by atoms with E-state index >= 15 is 0 Å². The molecule has 2 fully saturated rings. The highest BCUT2D eigenvalue weighted by molar-refractivity contribution is 5.84. The van der Waals surface area contributed by atoms with Crippen LogP contribution in [0.2, 0.25) is 0 Å². The topological polar surface area (TPSA) is 36.1 Å². The van der Waals surface area contributed by atoms with Gasteiger partial charge in [-0.25, -0.2) is 0 Å². The van der Waals surface area contributed by atoms with Crippen LogP contribution in [0, 0.1) is 5.92 Å². The monoisotopic (exact) mass is 282 g/mol.